The molecule has 3 heterocycles. The third kappa shape index (κ3) is 15.0. The Hall–Kier alpha value is -3.39. The van der Waals surface area contributed by atoms with Crippen molar-refractivity contribution in [3.05, 3.63) is 23.9 Å². The molecule has 1 aromatic rings. The van der Waals surface area contributed by atoms with Gasteiger partial charge in [0.1, 0.15) is 0 Å². The van der Waals surface area contributed by atoms with Crippen LogP contribution in [0.2, 0.25) is 0 Å². The number of carboxylic acid groups (broad SMARTS) is 3. The van der Waals surface area contributed by atoms with Crippen molar-refractivity contribution in [2.24, 2.45) is 5.41 Å². The summed E-state index contributed by atoms with van der Waals surface area (Å²) < 4.78 is 106. The smallest absolute Gasteiger partial charge is 0.481 e. The van der Waals surface area contributed by atoms with E-state index in [9.17, 15) is 39.5 Å². The van der Waals surface area contributed by atoms with Gasteiger partial charge in [-0.3, -0.25) is 4.90 Å². The SMILES string of the molecule is COc1ncccc1CN1CCOCC2(CCN(C)C2)C1.O=C(O)C(F)(F)F.O=C(O)C(F)(F)F.O=C(O)C(F)(F)F. The van der Waals surface area contributed by atoms with Crippen LogP contribution in [0.1, 0.15) is 12.0 Å². The van der Waals surface area contributed by atoms with Crippen molar-refractivity contribution in [3.63, 3.8) is 0 Å². The van der Waals surface area contributed by atoms with Gasteiger partial charge in [0.15, 0.2) is 0 Å². The van der Waals surface area contributed by atoms with E-state index in [1.165, 1.54) is 13.0 Å². The van der Waals surface area contributed by atoms with Crippen molar-refractivity contribution in [1.82, 2.24) is 14.8 Å². The first kappa shape index (κ1) is 38.6. The summed E-state index contributed by atoms with van der Waals surface area (Å²) in [5.74, 6) is -7.53. The monoisotopic (exact) mass is 633 g/mol. The maximum Gasteiger partial charge on any atom is 0.490 e. The minimum absolute atomic E-state index is 0.292. The van der Waals surface area contributed by atoms with Crippen LogP contribution in [0.3, 0.4) is 0 Å². The molecule has 3 rings (SSSR count). The fraction of sp³-hybridized carbons (Fsp3) is 0.636. The number of carboxylic acids is 3. The molecule has 42 heavy (non-hydrogen) atoms. The Balaban J connectivity index is 0.000000660. The van der Waals surface area contributed by atoms with E-state index < -0.39 is 36.4 Å². The fourth-order valence-electron chi connectivity index (χ4n) is 3.59. The maximum absolute atomic E-state index is 10.6. The number of pyridine rings is 1. The Morgan fingerprint density at radius 2 is 1.40 bits per heavy atom. The maximum atomic E-state index is 10.6. The first-order valence-electron chi connectivity index (χ1n) is 11.4. The molecule has 0 saturated carbocycles. The standard InChI is InChI=1S/C16H25N3O2.3C2HF3O2/c1-18-7-5-16(11-18)12-19(8-9-21-13-16)10-14-4-3-6-17-15(14)20-2;3*3-2(4,5)1(6)7/h3-4,6H,5,7-13H2,1-2H3;3*(H,6,7). The highest BCUT2D eigenvalue weighted by atomic mass is 19.4. The Labute approximate surface area is 232 Å². The zero-order chi connectivity index (χ0) is 32.9. The molecule has 20 heteroatoms. The molecule has 0 amide bonds. The number of halogens is 9. The Bertz CT molecular complexity index is 965. The summed E-state index contributed by atoms with van der Waals surface area (Å²) in [7, 11) is 3.89. The third-order valence-corrected chi connectivity index (χ3v) is 5.31. The van der Waals surface area contributed by atoms with Gasteiger partial charge in [-0.1, -0.05) is 6.07 Å². The second kappa shape index (κ2) is 16.3. The number of methoxy groups -OCH3 is 1. The summed E-state index contributed by atoms with van der Waals surface area (Å²) in [5, 5.41) is 21.4. The first-order chi connectivity index (χ1) is 19.0. The number of likely N-dealkylation sites (tertiary alicyclic amines) is 1. The minimum atomic E-state index is -5.08. The molecule has 2 saturated heterocycles. The molecule has 3 N–H and O–H groups in total. The van der Waals surface area contributed by atoms with E-state index in [0.717, 1.165) is 50.8 Å². The summed E-state index contributed by atoms with van der Waals surface area (Å²) in [6, 6.07) is 4.08. The van der Waals surface area contributed by atoms with Crippen LogP contribution in [0.15, 0.2) is 18.3 Å². The molecule has 1 aromatic heterocycles. The number of hydrogen-bond acceptors (Lipinski definition) is 8. The van der Waals surface area contributed by atoms with Crippen LogP contribution in [-0.4, -0.2) is 120 Å². The topological polar surface area (TPSA) is 150 Å². The average molecular weight is 633 g/mol. The van der Waals surface area contributed by atoms with Crippen LogP contribution in [0.4, 0.5) is 39.5 Å². The highest BCUT2D eigenvalue weighted by molar-refractivity contribution is 5.73. The van der Waals surface area contributed by atoms with Gasteiger partial charge in [0.05, 0.1) is 20.3 Å². The number of nitrogens with zero attached hydrogens (tertiary/aromatic N) is 3. The van der Waals surface area contributed by atoms with Crippen molar-refractivity contribution in [1.29, 1.82) is 0 Å². The number of aromatic nitrogens is 1. The number of carbonyl (C=O) groups is 3. The van der Waals surface area contributed by atoms with Gasteiger partial charge in [-0.25, -0.2) is 19.4 Å². The lowest BCUT2D eigenvalue weighted by Gasteiger charge is -2.31. The van der Waals surface area contributed by atoms with E-state index in [-0.39, 0.29) is 0 Å². The van der Waals surface area contributed by atoms with Crippen LogP contribution in [0, 0.1) is 5.41 Å². The van der Waals surface area contributed by atoms with Gasteiger partial charge in [0.2, 0.25) is 5.88 Å². The van der Waals surface area contributed by atoms with E-state index in [4.69, 9.17) is 39.2 Å². The normalized spacial score (nSPS) is 19.6. The molecule has 1 atom stereocenters. The van der Waals surface area contributed by atoms with Crippen LogP contribution >= 0.6 is 0 Å². The van der Waals surface area contributed by atoms with Crippen molar-refractivity contribution < 1.29 is 78.7 Å². The van der Waals surface area contributed by atoms with Gasteiger partial charge in [0.25, 0.3) is 0 Å². The van der Waals surface area contributed by atoms with Gasteiger partial charge in [-0.15, -0.1) is 0 Å². The van der Waals surface area contributed by atoms with Gasteiger partial charge >= 0.3 is 36.4 Å². The molecule has 0 aromatic carbocycles. The molecule has 1 spiro atoms. The molecule has 0 aliphatic carbocycles. The van der Waals surface area contributed by atoms with Gasteiger partial charge in [-0.2, -0.15) is 39.5 Å². The highest BCUT2D eigenvalue weighted by Gasteiger charge is 2.41. The van der Waals surface area contributed by atoms with Crippen molar-refractivity contribution >= 4 is 17.9 Å². The Morgan fingerprint density at radius 3 is 1.79 bits per heavy atom. The molecule has 2 fully saturated rings. The van der Waals surface area contributed by atoms with E-state index >= 15 is 0 Å². The lowest BCUT2D eigenvalue weighted by atomic mass is 9.87. The zero-order valence-electron chi connectivity index (χ0n) is 22.0. The molecule has 1 unspecified atom stereocenters. The summed E-state index contributed by atoms with van der Waals surface area (Å²) in [5.41, 5.74) is 1.45. The van der Waals surface area contributed by atoms with Crippen LogP contribution in [0.5, 0.6) is 5.88 Å². The molecule has 0 radical (unpaired) electrons. The number of hydrogen-bond donors (Lipinski definition) is 3. The third-order valence-electron chi connectivity index (χ3n) is 5.31. The van der Waals surface area contributed by atoms with Crippen LogP contribution in [-0.2, 0) is 25.7 Å². The van der Waals surface area contributed by atoms with E-state index in [1.54, 1.807) is 13.3 Å². The van der Waals surface area contributed by atoms with Crippen LogP contribution < -0.4 is 4.74 Å². The summed E-state index contributed by atoms with van der Waals surface area (Å²) in [6.07, 6.45) is -12.2. The average Bonchev–Trinajstić information content (AvgIpc) is 3.09. The van der Waals surface area contributed by atoms with Crippen LogP contribution in [0.25, 0.3) is 0 Å². The highest BCUT2D eigenvalue weighted by Crippen LogP contribution is 2.33. The summed E-state index contributed by atoms with van der Waals surface area (Å²) in [4.78, 5) is 35.9. The summed E-state index contributed by atoms with van der Waals surface area (Å²) >= 11 is 0. The van der Waals surface area contributed by atoms with Crippen molar-refractivity contribution in [3.8, 4) is 5.88 Å². The number of alkyl halides is 9. The second-order valence-corrected chi connectivity index (χ2v) is 8.83. The number of ether oxygens (including phenoxy) is 2. The Morgan fingerprint density at radius 1 is 0.929 bits per heavy atom. The predicted octanol–water partition coefficient (Wildman–Crippen LogP) is 3.14. The molecule has 2 aliphatic heterocycles. The second-order valence-electron chi connectivity index (χ2n) is 8.83. The van der Waals surface area contributed by atoms with Crippen molar-refractivity contribution in [2.75, 3.05) is 53.6 Å². The van der Waals surface area contributed by atoms with Gasteiger partial charge in [0, 0.05) is 43.4 Å². The Kier molecular flexibility index (Phi) is 15.0. The number of aliphatic carboxylic acids is 3. The molecule has 0 bridgehead atoms. The van der Waals surface area contributed by atoms with E-state index in [0.29, 0.717) is 5.41 Å². The van der Waals surface area contributed by atoms with E-state index in [1.807, 2.05) is 6.07 Å². The van der Waals surface area contributed by atoms with Crippen molar-refractivity contribution in [2.45, 2.75) is 31.5 Å². The molecule has 242 valence electrons. The zero-order valence-corrected chi connectivity index (χ0v) is 22.0. The largest absolute Gasteiger partial charge is 0.490 e. The minimum Gasteiger partial charge on any atom is -0.481 e. The number of rotatable bonds is 3. The molecule has 2 aliphatic rings. The quantitative estimate of drug-likeness (QED) is 0.422. The fourth-order valence-corrected chi connectivity index (χ4v) is 3.59. The van der Waals surface area contributed by atoms with E-state index in [2.05, 4.69) is 27.9 Å². The predicted molar refractivity (Wildman–Crippen MR) is 123 cm³/mol. The van der Waals surface area contributed by atoms with Gasteiger partial charge in [-0.05, 0) is 26.1 Å². The first-order valence-corrected chi connectivity index (χ1v) is 11.4. The molecular weight excluding hydrogens is 605 g/mol. The lowest BCUT2D eigenvalue weighted by molar-refractivity contribution is -0.193. The molecule has 11 nitrogen and oxygen atoms in total. The lowest BCUT2D eigenvalue weighted by Crippen LogP contribution is -2.40. The summed E-state index contributed by atoms with van der Waals surface area (Å²) in [6.45, 7) is 6.96. The van der Waals surface area contributed by atoms with Gasteiger partial charge < -0.3 is 29.7 Å². The molecular formula is C22H28F9N3O8.